The van der Waals surface area contributed by atoms with E-state index in [9.17, 15) is 4.79 Å². The summed E-state index contributed by atoms with van der Waals surface area (Å²) in [5, 5.41) is 3.52. The first-order valence-electron chi connectivity index (χ1n) is 6.77. The summed E-state index contributed by atoms with van der Waals surface area (Å²) < 4.78 is 0. The van der Waals surface area contributed by atoms with Gasteiger partial charge < -0.3 is 5.32 Å². The van der Waals surface area contributed by atoms with Gasteiger partial charge in [0.15, 0.2) is 0 Å². The van der Waals surface area contributed by atoms with E-state index in [1.54, 1.807) is 0 Å². The van der Waals surface area contributed by atoms with E-state index in [4.69, 9.17) is 0 Å². The van der Waals surface area contributed by atoms with Crippen molar-refractivity contribution < 1.29 is 4.79 Å². The maximum absolute atomic E-state index is 10.7. The third-order valence-corrected chi connectivity index (χ3v) is 3.55. The van der Waals surface area contributed by atoms with E-state index in [0.29, 0.717) is 6.04 Å². The lowest BCUT2D eigenvalue weighted by molar-refractivity contribution is 0.112. The van der Waals surface area contributed by atoms with Gasteiger partial charge >= 0.3 is 0 Å². The summed E-state index contributed by atoms with van der Waals surface area (Å²) in [5.41, 5.74) is 2.94. The van der Waals surface area contributed by atoms with Crippen LogP contribution in [0.2, 0.25) is 0 Å². The minimum atomic E-state index is 0.559. The van der Waals surface area contributed by atoms with Crippen molar-refractivity contribution in [1.82, 2.24) is 4.90 Å². The number of carbonyl (C=O) groups excluding carboxylic acids is 1. The monoisotopic (exact) mass is 246 g/mol. The Morgan fingerprint density at radius 1 is 1.44 bits per heavy atom. The van der Waals surface area contributed by atoms with Crippen molar-refractivity contribution in [2.75, 3.05) is 25.0 Å². The van der Waals surface area contributed by atoms with Crippen molar-refractivity contribution in [3.8, 4) is 0 Å². The van der Waals surface area contributed by atoms with Crippen molar-refractivity contribution in [2.24, 2.45) is 0 Å². The predicted molar refractivity (Wildman–Crippen MR) is 75.3 cm³/mol. The first-order valence-corrected chi connectivity index (χ1v) is 6.77. The van der Waals surface area contributed by atoms with E-state index in [0.717, 1.165) is 36.2 Å². The molecule has 0 bridgehead atoms. The van der Waals surface area contributed by atoms with Gasteiger partial charge in [-0.25, -0.2) is 0 Å². The lowest BCUT2D eigenvalue weighted by atomic mass is 10.1. The van der Waals surface area contributed by atoms with Gasteiger partial charge in [-0.1, -0.05) is 13.3 Å². The second-order valence-corrected chi connectivity index (χ2v) is 5.14. The number of carbonyl (C=O) groups is 1. The lowest BCUT2D eigenvalue weighted by Gasteiger charge is -2.40. The lowest BCUT2D eigenvalue weighted by Crippen LogP contribution is -2.54. The number of hydrogen-bond acceptors (Lipinski definition) is 3. The molecule has 0 aliphatic carbocycles. The first-order chi connectivity index (χ1) is 8.72. The van der Waals surface area contributed by atoms with Gasteiger partial charge in [-0.2, -0.15) is 0 Å². The number of anilines is 1. The molecule has 0 spiro atoms. The summed E-state index contributed by atoms with van der Waals surface area (Å²) in [6.07, 6.45) is 3.47. The molecule has 1 saturated heterocycles. The van der Waals surface area contributed by atoms with Gasteiger partial charge in [0.05, 0.1) is 6.04 Å². The quantitative estimate of drug-likeness (QED) is 0.783. The molecule has 1 aliphatic heterocycles. The predicted octanol–water partition coefficient (Wildman–Crippen LogP) is 2.70. The molecule has 1 aliphatic rings. The second kappa shape index (κ2) is 6.01. The third kappa shape index (κ3) is 3.10. The van der Waals surface area contributed by atoms with Crippen LogP contribution in [0.3, 0.4) is 0 Å². The smallest absolute Gasteiger partial charge is 0.150 e. The Kier molecular flexibility index (Phi) is 4.37. The number of unbranched alkanes of at least 4 members (excludes halogenated alkanes) is 1. The fraction of sp³-hybridized carbons (Fsp3) is 0.533. The number of likely N-dealkylation sites (tertiary alicyclic amines) is 1. The molecule has 3 nitrogen and oxygen atoms in total. The molecule has 1 N–H and O–H groups in total. The minimum Gasteiger partial charge on any atom is -0.380 e. The van der Waals surface area contributed by atoms with Crippen LogP contribution in [0, 0.1) is 6.92 Å². The first kappa shape index (κ1) is 13.1. The van der Waals surface area contributed by atoms with Crippen molar-refractivity contribution in [2.45, 2.75) is 32.7 Å². The molecule has 1 aromatic rings. The van der Waals surface area contributed by atoms with Crippen LogP contribution in [-0.2, 0) is 0 Å². The molecule has 0 radical (unpaired) electrons. The fourth-order valence-corrected chi connectivity index (χ4v) is 2.36. The number of nitrogens with one attached hydrogen (secondary N) is 1. The zero-order valence-corrected chi connectivity index (χ0v) is 11.3. The number of nitrogens with zero attached hydrogens (tertiary/aromatic N) is 1. The summed E-state index contributed by atoms with van der Waals surface area (Å²) >= 11 is 0. The molecule has 98 valence electrons. The van der Waals surface area contributed by atoms with Crippen molar-refractivity contribution >= 4 is 12.0 Å². The maximum Gasteiger partial charge on any atom is 0.150 e. The number of rotatable bonds is 6. The summed E-state index contributed by atoms with van der Waals surface area (Å²) in [5.74, 6) is 0. The van der Waals surface area contributed by atoms with E-state index in [1.807, 2.05) is 19.1 Å². The highest BCUT2D eigenvalue weighted by Crippen LogP contribution is 2.18. The van der Waals surface area contributed by atoms with E-state index >= 15 is 0 Å². The minimum absolute atomic E-state index is 0.559. The Bertz CT molecular complexity index is 411. The third-order valence-electron chi connectivity index (χ3n) is 3.55. The highest BCUT2D eigenvalue weighted by molar-refractivity contribution is 5.78. The Balaban J connectivity index is 1.81. The van der Waals surface area contributed by atoms with Crippen LogP contribution in [0.25, 0.3) is 0 Å². The summed E-state index contributed by atoms with van der Waals surface area (Å²) in [7, 11) is 0. The van der Waals surface area contributed by atoms with Gasteiger partial charge in [-0.15, -0.1) is 0 Å². The fourth-order valence-electron chi connectivity index (χ4n) is 2.36. The van der Waals surface area contributed by atoms with E-state index in [1.165, 1.54) is 19.4 Å². The number of benzene rings is 1. The number of aldehydes is 1. The maximum atomic E-state index is 10.7. The molecule has 0 aromatic heterocycles. The molecule has 3 heteroatoms. The molecular formula is C15H22N2O. The van der Waals surface area contributed by atoms with Crippen LogP contribution in [0.5, 0.6) is 0 Å². The number of hydrogen-bond donors (Lipinski definition) is 1. The van der Waals surface area contributed by atoms with E-state index in [-0.39, 0.29) is 0 Å². The van der Waals surface area contributed by atoms with E-state index < -0.39 is 0 Å². The SMILES string of the molecule is CCCCN1CC(Nc2ccc(C=O)c(C)c2)C1. The van der Waals surface area contributed by atoms with Crippen LogP contribution in [0.1, 0.15) is 35.7 Å². The molecule has 1 heterocycles. The Labute approximate surface area is 109 Å². The molecule has 0 amide bonds. The molecule has 0 saturated carbocycles. The molecule has 0 unspecified atom stereocenters. The van der Waals surface area contributed by atoms with Crippen LogP contribution >= 0.6 is 0 Å². The second-order valence-electron chi connectivity index (χ2n) is 5.14. The van der Waals surface area contributed by atoms with Crippen LogP contribution in [-0.4, -0.2) is 36.9 Å². The van der Waals surface area contributed by atoms with Crippen molar-refractivity contribution in [3.05, 3.63) is 29.3 Å². The molecule has 1 aromatic carbocycles. The molecule has 18 heavy (non-hydrogen) atoms. The summed E-state index contributed by atoms with van der Waals surface area (Å²) in [6.45, 7) is 7.69. The zero-order valence-electron chi connectivity index (χ0n) is 11.3. The van der Waals surface area contributed by atoms with Gasteiger partial charge in [0, 0.05) is 24.3 Å². The van der Waals surface area contributed by atoms with Crippen molar-refractivity contribution in [3.63, 3.8) is 0 Å². The zero-order chi connectivity index (χ0) is 13.0. The topological polar surface area (TPSA) is 32.3 Å². The van der Waals surface area contributed by atoms with Gasteiger partial charge in [-0.05, 0) is 43.7 Å². The van der Waals surface area contributed by atoms with Crippen LogP contribution < -0.4 is 5.32 Å². The van der Waals surface area contributed by atoms with Crippen LogP contribution in [0.4, 0.5) is 5.69 Å². The van der Waals surface area contributed by atoms with E-state index in [2.05, 4.69) is 23.2 Å². The van der Waals surface area contributed by atoms with Gasteiger partial charge in [0.1, 0.15) is 6.29 Å². The van der Waals surface area contributed by atoms with Crippen LogP contribution in [0.15, 0.2) is 18.2 Å². The normalized spacial score (nSPS) is 16.3. The van der Waals surface area contributed by atoms with Gasteiger partial charge in [0.25, 0.3) is 0 Å². The highest BCUT2D eigenvalue weighted by Gasteiger charge is 2.25. The summed E-state index contributed by atoms with van der Waals surface area (Å²) in [6, 6.07) is 6.49. The molecule has 2 rings (SSSR count). The molecule has 1 fully saturated rings. The standard InChI is InChI=1S/C15H22N2O/c1-3-4-7-17-9-15(10-17)16-14-6-5-13(11-18)12(2)8-14/h5-6,8,11,15-16H,3-4,7,9-10H2,1-2H3. The largest absolute Gasteiger partial charge is 0.380 e. The average molecular weight is 246 g/mol. The molecule has 0 atom stereocenters. The Hall–Kier alpha value is -1.35. The average Bonchev–Trinajstić information content (AvgIpc) is 2.32. The highest BCUT2D eigenvalue weighted by atomic mass is 16.1. The van der Waals surface area contributed by atoms with Gasteiger partial charge in [-0.3, -0.25) is 9.69 Å². The Morgan fingerprint density at radius 2 is 2.22 bits per heavy atom. The van der Waals surface area contributed by atoms with Crippen molar-refractivity contribution in [1.29, 1.82) is 0 Å². The summed E-state index contributed by atoms with van der Waals surface area (Å²) in [4.78, 5) is 13.2. The van der Waals surface area contributed by atoms with Gasteiger partial charge in [0.2, 0.25) is 0 Å². The Morgan fingerprint density at radius 3 is 2.83 bits per heavy atom. The molecular weight excluding hydrogens is 224 g/mol. The number of aryl methyl sites for hydroxylation is 1.